The van der Waals surface area contributed by atoms with E-state index in [1.54, 1.807) is 0 Å². The van der Waals surface area contributed by atoms with Gasteiger partial charge in [-0.2, -0.15) is 0 Å². The first-order valence-corrected chi connectivity index (χ1v) is 11.8. The maximum Gasteiger partial charge on any atom is 0.508 e. The third-order valence-electron chi connectivity index (χ3n) is 4.66. The maximum absolute atomic E-state index is 11.8. The van der Waals surface area contributed by atoms with Crippen LogP contribution in [0.15, 0.2) is 30.3 Å². The van der Waals surface area contributed by atoms with Gasteiger partial charge in [-0.3, -0.25) is 0 Å². The van der Waals surface area contributed by atoms with E-state index in [9.17, 15) is 4.57 Å². The molecule has 1 aromatic rings. The summed E-state index contributed by atoms with van der Waals surface area (Å²) < 4.78 is 17.3. The predicted octanol–water partition coefficient (Wildman–Crippen LogP) is 8.04. The van der Waals surface area contributed by atoms with Gasteiger partial charge in [-0.1, -0.05) is 108 Å². The van der Waals surface area contributed by atoms with Crippen LogP contribution in [0.2, 0.25) is 0 Å². The van der Waals surface area contributed by atoms with Crippen LogP contribution in [-0.4, -0.2) is 6.16 Å². The molecule has 0 saturated carbocycles. The van der Waals surface area contributed by atoms with E-state index in [0.29, 0.717) is 12.8 Å². The number of rotatable bonds is 17. The van der Waals surface area contributed by atoms with Crippen LogP contribution in [0.1, 0.15) is 96.0 Å². The molecule has 0 radical (unpaired) electrons. The van der Waals surface area contributed by atoms with Crippen LogP contribution in [0.25, 0.3) is 0 Å². The van der Waals surface area contributed by atoms with Crippen molar-refractivity contribution in [1.82, 2.24) is 0 Å². The first-order valence-electron chi connectivity index (χ1n) is 10.4. The summed E-state index contributed by atoms with van der Waals surface area (Å²) in [7, 11) is -1.49. The van der Waals surface area contributed by atoms with Crippen molar-refractivity contribution in [3.05, 3.63) is 35.9 Å². The molecule has 0 aliphatic rings. The second kappa shape index (κ2) is 16.7. The molecule has 0 fully saturated rings. The van der Waals surface area contributed by atoms with Gasteiger partial charge in [0.05, 0.1) is 0 Å². The molecule has 142 valence electrons. The second-order valence-corrected chi connectivity index (χ2v) is 8.43. The van der Waals surface area contributed by atoms with Gasteiger partial charge in [0.1, 0.15) is 6.61 Å². The van der Waals surface area contributed by atoms with Gasteiger partial charge in [-0.15, -0.1) is 4.52 Å². The lowest BCUT2D eigenvalue weighted by Crippen LogP contribution is -1.88. The Kier molecular flexibility index (Phi) is 14.9. The maximum atomic E-state index is 11.8. The molecule has 1 rings (SSSR count). The standard InChI is InChI=1S/C22H38O2P/c1-2-3-4-5-6-7-8-9-10-11-12-13-17-20-25(23)24-21-22-18-15-14-16-19-22/h14-16,18-19H,2-13,17,20-21H2,1H3/q+1. The molecule has 0 heterocycles. The van der Waals surface area contributed by atoms with Gasteiger partial charge in [-0.05, 0) is 23.0 Å². The Labute approximate surface area is 156 Å². The minimum Gasteiger partial charge on any atom is -0.141 e. The monoisotopic (exact) mass is 365 g/mol. The average Bonchev–Trinajstić information content (AvgIpc) is 2.64. The highest BCUT2D eigenvalue weighted by molar-refractivity contribution is 7.39. The lowest BCUT2D eigenvalue weighted by molar-refractivity contribution is 0.318. The highest BCUT2D eigenvalue weighted by Crippen LogP contribution is 2.26. The van der Waals surface area contributed by atoms with Crippen LogP contribution in [0, 0.1) is 0 Å². The van der Waals surface area contributed by atoms with E-state index in [0.717, 1.165) is 12.0 Å². The Morgan fingerprint density at radius 1 is 0.720 bits per heavy atom. The van der Waals surface area contributed by atoms with E-state index in [1.165, 1.54) is 77.0 Å². The second-order valence-electron chi connectivity index (χ2n) is 7.06. The summed E-state index contributed by atoms with van der Waals surface area (Å²) >= 11 is 0. The molecular weight excluding hydrogens is 327 g/mol. The zero-order valence-electron chi connectivity index (χ0n) is 16.3. The molecule has 0 spiro atoms. The largest absolute Gasteiger partial charge is 0.508 e. The lowest BCUT2D eigenvalue weighted by Gasteiger charge is -2.02. The molecular formula is C22H38O2P+. The van der Waals surface area contributed by atoms with Gasteiger partial charge in [0.15, 0.2) is 6.16 Å². The molecule has 1 aromatic carbocycles. The Hall–Kier alpha value is -0.720. The van der Waals surface area contributed by atoms with Gasteiger partial charge in [0, 0.05) is 0 Å². The van der Waals surface area contributed by atoms with Gasteiger partial charge < -0.3 is 0 Å². The van der Waals surface area contributed by atoms with E-state index in [-0.39, 0.29) is 0 Å². The molecule has 0 amide bonds. The fraction of sp³-hybridized carbons (Fsp3) is 0.727. The summed E-state index contributed by atoms with van der Waals surface area (Å²) in [6.45, 7) is 2.74. The third kappa shape index (κ3) is 14.2. The minimum absolute atomic E-state index is 0.467. The highest BCUT2D eigenvalue weighted by atomic mass is 31.1. The zero-order valence-corrected chi connectivity index (χ0v) is 17.2. The first kappa shape index (κ1) is 22.3. The SMILES string of the molecule is CCCCCCCCCCCCCCC[P+](=O)OCc1ccccc1. The molecule has 1 atom stereocenters. The van der Waals surface area contributed by atoms with Crippen molar-refractivity contribution in [3.8, 4) is 0 Å². The Morgan fingerprint density at radius 3 is 1.72 bits per heavy atom. The van der Waals surface area contributed by atoms with Crippen LogP contribution >= 0.6 is 8.03 Å². The topological polar surface area (TPSA) is 26.3 Å². The van der Waals surface area contributed by atoms with E-state index in [4.69, 9.17) is 4.52 Å². The molecule has 1 unspecified atom stereocenters. The van der Waals surface area contributed by atoms with Crippen molar-refractivity contribution in [2.24, 2.45) is 0 Å². The van der Waals surface area contributed by atoms with Gasteiger partial charge in [-0.25, -0.2) is 0 Å². The lowest BCUT2D eigenvalue weighted by atomic mass is 10.1. The average molecular weight is 366 g/mol. The molecule has 25 heavy (non-hydrogen) atoms. The smallest absolute Gasteiger partial charge is 0.141 e. The summed E-state index contributed by atoms with van der Waals surface area (Å²) in [5, 5.41) is 0. The van der Waals surface area contributed by atoms with E-state index < -0.39 is 8.03 Å². The van der Waals surface area contributed by atoms with E-state index in [1.807, 2.05) is 30.3 Å². The van der Waals surface area contributed by atoms with Gasteiger partial charge >= 0.3 is 8.03 Å². The van der Waals surface area contributed by atoms with Crippen molar-refractivity contribution in [3.63, 3.8) is 0 Å². The normalized spacial score (nSPS) is 11.6. The molecule has 0 saturated heterocycles. The van der Waals surface area contributed by atoms with Crippen molar-refractivity contribution in [1.29, 1.82) is 0 Å². The van der Waals surface area contributed by atoms with Crippen molar-refractivity contribution in [2.45, 2.75) is 97.0 Å². The van der Waals surface area contributed by atoms with Crippen LogP contribution in [0.5, 0.6) is 0 Å². The predicted molar refractivity (Wildman–Crippen MR) is 109 cm³/mol. The van der Waals surface area contributed by atoms with Gasteiger partial charge in [0.25, 0.3) is 0 Å². The Morgan fingerprint density at radius 2 is 1.20 bits per heavy atom. The molecule has 0 aliphatic heterocycles. The third-order valence-corrected chi connectivity index (χ3v) is 5.76. The molecule has 0 aliphatic carbocycles. The highest BCUT2D eigenvalue weighted by Gasteiger charge is 2.16. The number of hydrogen-bond acceptors (Lipinski definition) is 2. The van der Waals surface area contributed by atoms with Gasteiger partial charge in [0.2, 0.25) is 0 Å². The number of hydrogen-bond donors (Lipinski definition) is 0. The van der Waals surface area contributed by atoms with Crippen LogP contribution in [0.4, 0.5) is 0 Å². The van der Waals surface area contributed by atoms with Crippen LogP contribution < -0.4 is 0 Å². The van der Waals surface area contributed by atoms with Crippen molar-refractivity contribution >= 4 is 8.03 Å². The Bertz CT molecular complexity index is 419. The fourth-order valence-electron chi connectivity index (χ4n) is 3.04. The molecule has 0 N–H and O–H groups in total. The minimum atomic E-state index is -1.49. The van der Waals surface area contributed by atoms with Crippen LogP contribution in [-0.2, 0) is 15.7 Å². The number of unbranched alkanes of at least 4 members (excludes halogenated alkanes) is 12. The fourth-order valence-corrected chi connectivity index (χ4v) is 3.95. The summed E-state index contributed by atoms with van der Waals surface area (Å²) in [5.74, 6) is 0. The summed E-state index contributed by atoms with van der Waals surface area (Å²) in [5.41, 5.74) is 1.09. The van der Waals surface area contributed by atoms with E-state index >= 15 is 0 Å². The quantitative estimate of drug-likeness (QED) is 0.206. The zero-order chi connectivity index (χ0) is 18.0. The molecule has 0 bridgehead atoms. The number of benzene rings is 1. The molecule has 0 aromatic heterocycles. The Balaban J connectivity index is 1.80. The van der Waals surface area contributed by atoms with E-state index in [2.05, 4.69) is 6.92 Å². The molecule has 3 heteroatoms. The summed E-state index contributed by atoms with van der Waals surface area (Å²) in [6.07, 6.45) is 18.1. The van der Waals surface area contributed by atoms with Crippen molar-refractivity contribution in [2.75, 3.05) is 6.16 Å². The summed E-state index contributed by atoms with van der Waals surface area (Å²) in [4.78, 5) is 0. The van der Waals surface area contributed by atoms with Crippen molar-refractivity contribution < 1.29 is 9.09 Å². The summed E-state index contributed by atoms with van der Waals surface area (Å²) in [6, 6.07) is 9.97. The van der Waals surface area contributed by atoms with Crippen LogP contribution in [0.3, 0.4) is 0 Å². The first-order chi connectivity index (χ1) is 12.3. The molecule has 2 nitrogen and oxygen atoms in total.